The van der Waals surface area contributed by atoms with Crippen LogP contribution in [-0.2, 0) is 15.9 Å². The first-order chi connectivity index (χ1) is 9.90. The normalized spacial score (nSPS) is 31.8. The summed E-state index contributed by atoms with van der Waals surface area (Å²) < 4.78 is 11.9. The van der Waals surface area contributed by atoms with E-state index in [9.17, 15) is 0 Å². The van der Waals surface area contributed by atoms with E-state index in [0.717, 1.165) is 25.8 Å². The van der Waals surface area contributed by atoms with Gasteiger partial charge in [0.2, 0.25) is 0 Å². The summed E-state index contributed by atoms with van der Waals surface area (Å²) in [4.78, 5) is 4.13. The first-order valence-electron chi connectivity index (χ1n) is 7.93. The number of aryl methyl sites for hydroxylation is 1. The number of likely N-dealkylation sites (tertiary alicyclic amines) is 1. The van der Waals surface area contributed by atoms with Crippen LogP contribution in [0.25, 0.3) is 0 Å². The lowest BCUT2D eigenvalue weighted by Gasteiger charge is -2.31. The zero-order valence-electron chi connectivity index (χ0n) is 11.9. The predicted molar refractivity (Wildman–Crippen MR) is 80.3 cm³/mol. The zero-order chi connectivity index (χ0) is 13.4. The second-order valence-corrected chi connectivity index (χ2v) is 7.17. The quantitative estimate of drug-likeness (QED) is 0.855. The molecule has 1 aliphatic carbocycles. The lowest BCUT2D eigenvalue weighted by Crippen LogP contribution is -2.38. The van der Waals surface area contributed by atoms with Crippen molar-refractivity contribution in [3.63, 3.8) is 0 Å². The number of hydrogen-bond donors (Lipinski definition) is 0. The first kappa shape index (κ1) is 13.3. The van der Waals surface area contributed by atoms with E-state index in [1.807, 2.05) is 11.3 Å². The highest BCUT2D eigenvalue weighted by atomic mass is 32.1. The third kappa shape index (κ3) is 2.54. The molecule has 3 heterocycles. The largest absolute Gasteiger partial charge is 0.381 e. The van der Waals surface area contributed by atoms with E-state index in [0.29, 0.717) is 12.2 Å². The number of rotatable bonds is 3. The zero-order valence-corrected chi connectivity index (χ0v) is 12.7. The smallest absolute Gasteiger partial charge is 0.0927 e. The van der Waals surface area contributed by atoms with Crippen molar-refractivity contribution in [3.05, 3.63) is 21.9 Å². The molecule has 2 atom stereocenters. The number of fused-ring (bicyclic) bond motifs is 1. The van der Waals surface area contributed by atoms with Crippen LogP contribution in [0, 0.1) is 0 Å². The van der Waals surface area contributed by atoms with Gasteiger partial charge < -0.3 is 9.47 Å². The average molecular weight is 293 g/mol. The highest BCUT2D eigenvalue weighted by Gasteiger charge is 2.33. The molecule has 0 aromatic carbocycles. The molecule has 1 unspecified atom stereocenters. The maximum Gasteiger partial charge on any atom is 0.0927 e. The van der Waals surface area contributed by atoms with Gasteiger partial charge in [0.1, 0.15) is 0 Å². The summed E-state index contributed by atoms with van der Waals surface area (Å²) in [6, 6.07) is 3.00. The Morgan fingerprint density at radius 1 is 1.20 bits per heavy atom. The molecular weight excluding hydrogens is 270 g/mol. The fraction of sp³-hybridized carbons (Fsp3) is 0.750. The molecule has 2 aliphatic heterocycles. The van der Waals surface area contributed by atoms with Gasteiger partial charge in [-0.1, -0.05) is 0 Å². The van der Waals surface area contributed by atoms with Crippen LogP contribution >= 0.6 is 11.3 Å². The van der Waals surface area contributed by atoms with Crippen molar-refractivity contribution in [1.82, 2.24) is 4.90 Å². The van der Waals surface area contributed by atoms with Crippen molar-refractivity contribution < 1.29 is 9.47 Å². The Morgan fingerprint density at radius 2 is 2.10 bits per heavy atom. The fourth-order valence-corrected chi connectivity index (χ4v) is 4.89. The van der Waals surface area contributed by atoms with Crippen LogP contribution in [0.3, 0.4) is 0 Å². The van der Waals surface area contributed by atoms with Gasteiger partial charge in [0, 0.05) is 37.2 Å². The highest BCUT2D eigenvalue weighted by Crippen LogP contribution is 2.39. The molecule has 4 heteroatoms. The Kier molecular flexibility index (Phi) is 3.82. The maximum atomic E-state index is 6.42. The summed E-state index contributed by atoms with van der Waals surface area (Å²) in [5.41, 5.74) is 1.53. The third-order valence-electron chi connectivity index (χ3n) is 4.99. The monoisotopic (exact) mass is 293 g/mol. The minimum Gasteiger partial charge on any atom is -0.381 e. The molecule has 0 N–H and O–H groups in total. The summed E-state index contributed by atoms with van der Waals surface area (Å²) in [6.45, 7) is 4.21. The Balaban J connectivity index is 1.33. The summed E-state index contributed by atoms with van der Waals surface area (Å²) in [5.74, 6) is 0. The minimum atomic E-state index is 0.379. The second kappa shape index (κ2) is 5.76. The minimum absolute atomic E-state index is 0.379. The number of thiophene rings is 1. The van der Waals surface area contributed by atoms with Gasteiger partial charge in [-0.15, -0.1) is 11.3 Å². The third-order valence-corrected chi connectivity index (χ3v) is 6.04. The van der Waals surface area contributed by atoms with E-state index in [1.54, 1.807) is 0 Å². The standard InChI is InChI=1S/C16H23NO2S/c1-2-15(16-12(1)6-10-20-16)19-14-3-7-17(11-14)13-4-8-18-9-5-13/h6,10,13-15H,1-5,7-9,11H2/t14-,15?/m1/s1. The molecule has 2 fully saturated rings. The van der Waals surface area contributed by atoms with Gasteiger partial charge in [-0.2, -0.15) is 0 Å². The molecule has 0 bridgehead atoms. The van der Waals surface area contributed by atoms with Crippen LogP contribution in [0.5, 0.6) is 0 Å². The van der Waals surface area contributed by atoms with Crippen molar-refractivity contribution in [2.75, 3.05) is 26.3 Å². The van der Waals surface area contributed by atoms with E-state index < -0.39 is 0 Å². The molecule has 3 aliphatic rings. The van der Waals surface area contributed by atoms with Crippen LogP contribution in [0.15, 0.2) is 11.4 Å². The summed E-state index contributed by atoms with van der Waals surface area (Å²) in [7, 11) is 0. The SMILES string of the molecule is c1cc2c(s1)C(O[C@@H]1CCN(C3CCOCC3)C1)CC2. The summed E-state index contributed by atoms with van der Waals surface area (Å²) in [6.07, 6.45) is 6.82. The van der Waals surface area contributed by atoms with E-state index in [1.165, 1.54) is 49.1 Å². The molecule has 1 aromatic heterocycles. The van der Waals surface area contributed by atoms with Crippen molar-refractivity contribution in [3.8, 4) is 0 Å². The molecule has 3 nitrogen and oxygen atoms in total. The molecule has 1 aromatic rings. The molecule has 110 valence electrons. The number of nitrogens with zero attached hydrogens (tertiary/aromatic N) is 1. The van der Waals surface area contributed by atoms with Gasteiger partial charge in [0.25, 0.3) is 0 Å². The molecular formula is C16H23NO2S. The van der Waals surface area contributed by atoms with Crippen molar-refractivity contribution in [1.29, 1.82) is 0 Å². The lowest BCUT2D eigenvalue weighted by molar-refractivity contribution is -0.0129. The topological polar surface area (TPSA) is 21.7 Å². The van der Waals surface area contributed by atoms with E-state index in [4.69, 9.17) is 9.47 Å². The van der Waals surface area contributed by atoms with Crippen LogP contribution in [0.1, 0.15) is 42.2 Å². The molecule has 2 saturated heterocycles. The Morgan fingerprint density at radius 3 is 3.00 bits per heavy atom. The van der Waals surface area contributed by atoms with Gasteiger partial charge in [0.05, 0.1) is 12.2 Å². The van der Waals surface area contributed by atoms with Crippen LogP contribution in [0.2, 0.25) is 0 Å². The average Bonchev–Trinajstić information content (AvgIpc) is 3.19. The summed E-state index contributed by atoms with van der Waals surface area (Å²) in [5, 5.41) is 2.21. The van der Waals surface area contributed by atoms with E-state index in [-0.39, 0.29) is 0 Å². The first-order valence-corrected chi connectivity index (χ1v) is 8.81. The van der Waals surface area contributed by atoms with Crippen LogP contribution in [-0.4, -0.2) is 43.3 Å². The fourth-order valence-electron chi connectivity index (χ4n) is 3.86. The van der Waals surface area contributed by atoms with Gasteiger partial charge in [0.15, 0.2) is 0 Å². The molecule has 20 heavy (non-hydrogen) atoms. The number of ether oxygens (including phenoxy) is 2. The highest BCUT2D eigenvalue weighted by molar-refractivity contribution is 7.10. The van der Waals surface area contributed by atoms with Gasteiger partial charge >= 0.3 is 0 Å². The van der Waals surface area contributed by atoms with Crippen LogP contribution < -0.4 is 0 Å². The second-order valence-electron chi connectivity index (χ2n) is 6.22. The number of hydrogen-bond acceptors (Lipinski definition) is 4. The van der Waals surface area contributed by atoms with E-state index >= 15 is 0 Å². The predicted octanol–water partition coefficient (Wildman–Crippen LogP) is 3.01. The maximum absolute atomic E-state index is 6.42. The molecule has 4 rings (SSSR count). The van der Waals surface area contributed by atoms with Crippen LogP contribution in [0.4, 0.5) is 0 Å². The van der Waals surface area contributed by atoms with Crippen molar-refractivity contribution >= 4 is 11.3 Å². The molecule has 0 spiro atoms. The van der Waals surface area contributed by atoms with Gasteiger partial charge in [-0.3, -0.25) is 4.90 Å². The van der Waals surface area contributed by atoms with Gasteiger partial charge in [-0.05, 0) is 49.1 Å². The lowest BCUT2D eigenvalue weighted by atomic mass is 10.1. The van der Waals surface area contributed by atoms with E-state index in [2.05, 4.69) is 16.3 Å². The van der Waals surface area contributed by atoms with Crippen molar-refractivity contribution in [2.45, 2.75) is 50.4 Å². The molecule has 0 radical (unpaired) electrons. The van der Waals surface area contributed by atoms with Crippen molar-refractivity contribution in [2.24, 2.45) is 0 Å². The Bertz CT molecular complexity index is 455. The Labute approximate surface area is 124 Å². The molecule has 0 amide bonds. The van der Waals surface area contributed by atoms with Gasteiger partial charge in [-0.25, -0.2) is 0 Å². The Hall–Kier alpha value is -0.420. The molecule has 0 saturated carbocycles. The summed E-state index contributed by atoms with van der Waals surface area (Å²) >= 11 is 1.88.